The van der Waals surface area contributed by atoms with Gasteiger partial charge in [-0.1, -0.05) is 59.6 Å². The molecule has 2 unspecified atom stereocenters. The topological polar surface area (TPSA) is 200 Å². The number of hydrogen-bond acceptors (Lipinski definition) is 11. The number of nitriles is 2. The fourth-order valence-corrected chi connectivity index (χ4v) is 5.42. The quantitative estimate of drug-likeness (QED) is 0.116. The number of carbonyl (C=O) groups is 2. The van der Waals surface area contributed by atoms with Gasteiger partial charge in [0.05, 0.1) is 63.9 Å². The molecule has 1 saturated heterocycles. The summed E-state index contributed by atoms with van der Waals surface area (Å²) in [6, 6.07) is 26.9. The van der Waals surface area contributed by atoms with E-state index in [1.165, 1.54) is 67.6 Å². The van der Waals surface area contributed by atoms with Crippen molar-refractivity contribution in [2.24, 2.45) is 0 Å². The van der Waals surface area contributed by atoms with Crippen molar-refractivity contribution in [3.05, 3.63) is 153 Å². The van der Waals surface area contributed by atoms with Gasteiger partial charge in [-0.2, -0.15) is 10.5 Å². The second-order valence-corrected chi connectivity index (χ2v) is 13.2. The second-order valence-electron chi connectivity index (χ2n) is 12.4. The van der Waals surface area contributed by atoms with Gasteiger partial charge in [-0.15, -0.1) is 10.2 Å². The largest absolute Gasteiger partial charge is 0.463 e. The summed E-state index contributed by atoms with van der Waals surface area (Å²) in [5.41, 5.74) is 8.08. The zero-order chi connectivity index (χ0) is 42.9. The number of nitrogens with one attached hydrogen (secondary N) is 1. The number of nitrogen functional groups attached to an aromatic ring is 1. The van der Waals surface area contributed by atoms with Crippen molar-refractivity contribution in [2.75, 3.05) is 31.4 Å². The molecular formula is C41H38Cl2F2N10O4. The van der Waals surface area contributed by atoms with E-state index in [9.17, 15) is 18.4 Å². The number of ether oxygens (including phenoxy) is 2. The Balaban J connectivity index is 0.000000201. The van der Waals surface area contributed by atoms with E-state index >= 15 is 0 Å². The minimum Gasteiger partial charge on any atom is -0.463 e. The summed E-state index contributed by atoms with van der Waals surface area (Å²) in [5, 5.41) is 28.5. The number of methoxy groups -OCH3 is 1. The van der Waals surface area contributed by atoms with Crippen molar-refractivity contribution in [3.63, 3.8) is 0 Å². The molecule has 0 spiro atoms. The Hall–Kier alpha value is -6.72. The van der Waals surface area contributed by atoms with E-state index in [1.807, 2.05) is 32.0 Å². The summed E-state index contributed by atoms with van der Waals surface area (Å²) in [4.78, 5) is 31.4. The van der Waals surface area contributed by atoms with Gasteiger partial charge in [-0.3, -0.25) is 4.79 Å². The zero-order valence-electron chi connectivity index (χ0n) is 32.0. The summed E-state index contributed by atoms with van der Waals surface area (Å²) in [6.45, 7) is 5.77. The van der Waals surface area contributed by atoms with Gasteiger partial charge >= 0.3 is 5.97 Å². The van der Waals surface area contributed by atoms with Crippen LogP contribution in [0.15, 0.2) is 97.6 Å². The van der Waals surface area contributed by atoms with Crippen LogP contribution in [-0.4, -0.2) is 61.7 Å². The molecule has 14 nitrogen and oxygen atoms in total. The van der Waals surface area contributed by atoms with Crippen LogP contribution < -0.4 is 11.1 Å². The Morgan fingerprint density at radius 1 is 0.797 bits per heavy atom. The first-order valence-electron chi connectivity index (χ1n) is 17.8. The van der Waals surface area contributed by atoms with Crippen molar-refractivity contribution in [3.8, 4) is 12.1 Å². The van der Waals surface area contributed by atoms with E-state index in [2.05, 4.69) is 42.4 Å². The standard InChI is InChI=1S/C18H13ClFN5O.C13H12N4O2.C6H5ClFN.C4H8O/c1-11(13-5-2-4-12(8-13)9-21)25-10-22-17(24-25)18(26)23-15-7-3-6-14(19)16(15)20;1-9(11-5-3-4-10(6-11)7-14)17-8-15-12(16-17)13(18)19-2;7-4-2-1-3-5(9)6(4)8;1-2-4-5-3-1/h2-8,10-11H,1H3,(H,23,26);3-6,8-9H,1-2H3;1-3H,9H2;1-4H2. The normalized spacial score (nSPS) is 12.4. The molecule has 0 aliphatic carbocycles. The van der Waals surface area contributed by atoms with Crippen LogP contribution in [0.5, 0.6) is 0 Å². The van der Waals surface area contributed by atoms with Crippen molar-refractivity contribution in [1.29, 1.82) is 10.5 Å². The van der Waals surface area contributed by atoms with E-state index < -0.39 is 23.5 Å². The molecule has 1 amide bonds. The lowest BCUT2D eigenvalue weighted by molar-refractivity contribution is 0.0586. The average molecular weight is 844 g/mol. The molecule has 0 bridgehead atoms. The van der Waals surface area contributed by atoms with E-state index in [4.69, 9.17) is 44.2 Å². The van der Waals surface area contributed by atoms with Gasteiger partial charge in [0, 0.05) is 13.2 Å². The highest BCUT2D eigenvalue weighted by Crippen LogP contribution is 2.23. The van der Waals surface area contributed by atoms with Crippen molar-refractivity contribution in [2.45, 2.75) is 38.8 Å². The predicted molar refractivity (Wildman–Crippen MR) is 217 cm³/mol. The van der Waals surface area contributed by atoms with Crippen molar-refractivity contribution in [1.82, 2.24) is 29.5 Å². The van der Waals surface area contributed by atoms with E-state index in [1.54, 1.807) is 41.1 Å². The maximum atomic E-state index is 13.9. The van der Waals surface area contributed by atoms with Crippen molar-refractivity contribution >= 4 is 46.5 Å². The number of rotatable bonds is 7. The van der Waals surface area contributed by atoms with Crippen LogP contribution in [0, 0.1) is 34.3 Å². The summed E-state index contributed by atoms with van der Waals surface area (Å²) >= 11 is 11.1. The lowest BCUT2D eigenvalue weighted by atomic mass is 10.1. The number of aromatic nitrogens is 6. The molecule has 18 heteroatoms. The van der Waals surface area contributed by atoms with Gasteiger partial charge in [0.25, 0.3) is 11.7 Å². The summed E-state index contributed by atoms with van der Waals surface area (Å²) in [7, 11) is 1.28. The number of nitrogens with two attached hydrogens (primary N) is 1. The first kappa shape index (κ1) is 45.0. The van der Waals surface area contributed by atoms with Gasteiger partial charge in [-0.25, -0.2) is 32.9 Å². The minimum absolute atomic E-state index is 0.0192. The average Bonchev–Trinajstić information content (AvgIpc) is 4.09. The number of halogens is 4. The highest BCUT2D eigenvalue weighted by Gasteiger charge is 2.18. The maximum Gasteiger partial charge on any atom is 0.377 e. The van der Waals surface area contributed by atoms with Gasteiger partial charge in [-0.05, 0) is 86.3 Å². The highest BCUT2D eigenvalue weighted by molar-refractivity contribution is 6.31. The lowest BCUT2D eigenvalue weighted by Crippen LogP contribution is -2.16. The number of esters is 1. The molecule has 6 aromatic rings. The van der Waals surface area contributed by atoms with Crippen LogP contribution >= 0.6 is 23.2 Å². The number of benzene rings is 4. The zero-order valence-corrected chi connectivity index (χ0v) is 33.5. The predicted octanol–water partition coefficient (Wildman–Crippen LogP) is 8.21. The van der Waals surface area contributed by atoms with Gasteiger partial charge < -0.3 is 20.5 Å². The van der Waals surface area contributed by atoms with Gasteiger partial charge in [0.1, 0.15) is 12.7 Å². The Kier molecular flexibility index (Phi) is 17.0. The summed E-state index contributed by atoms with van der Waals surface area (Å²) in [5.74, 6) is -2.57. The van der Waals surface area contributed by atoms with Crippen LogP contribution in [0.2, 0.25) is 10.0 Å². The number of nitrogens with zero attached hydrogens (tertiary/aromatic N) is 8. The Morgan fingerprint density at radius 2 is 1.29 bits per heavy atom. The van der Waals surface area contributed by atoms with Crippen LogP contribution in [-0.2, 0) is 9.47 Å². The summed E-state index contributed by atoms with van der Waals surface area (Å²) < 4.78 is 38.9. The van der Waals surface area contributed by atoms with Crippen LogP contribution in [0.1, 0.15) is 82.3 Å². The van der Waals surface area contributed by atoms with Crippen LogP contribution in [0.25, 0.3) is 0 Å². The molecular weight excluding hydrogens is 805 g/mol. The molecule has 3 heterocycles. The van der Waals surface area contributed by atoms with Gasteiger partial charge in [0.15, 0.2) is 11.6 Å². The molecule has 2 atom stereocenters. The first-order chi connectivity index (χ1) is 28.4. The fourth-order valence-electron chi connectivity index (χ4n) is 5.06. The Morgan fingerprint density at radius 3 is 1.76 bits per heavy atom. The summed E-state index contributed by atoms with van der Waals surface area (Å²) in [6.07, 6.45) is 5.43. The Labute approximate surface area is 348 Å². The molecule has 1 fully saturated rings. The fraction of sp³-hybridized carbons (Fsp3) is 0.220. The molecule has 4 aromatic carbocycles. The van der Waals surface area contributed by atoms with Crippen LogP contribution in [0.4, 0.5) is 20.2 Å². The lowest BCUT2D eigenvalue weighted by Gasteiger charge is -2.11. The first-order valence-corrected chi connectivity index (χ1v) is 18.6. The number of carbonyl (C=O) groups excluding carboxylic acids is 2. The second kappa shape index (κ2) is 22.3. The third kappa shape index (κ3) is 12.9. The number of amides is 1. The maximum absolute atomic E-state index is 13.9. The SMILES string of the molecule is C1CCOC1.CC(c1cccc(C#N)c1)n1cnc(C(=O)Nc2cccc(Cl)c2F)n1.COC(=O)c1ncn(C(C)c2cccc(C#N)c2)n1.Nc1cccc(Cl)c1F. The molecule has 2 aromatic heterocycles. The third-order valence-corrected chi connectivity index (χ3v) is 8.97. The van der Waals surface area contributed by atoms with E-state index in [0.29, 0.717) is 11.1 Å². The Bertz CT molecular complexity index is 2420. The molecule has 304 valence electrons. The van der Waals surface area contributed by atoms with Crippen molar-refractivity contribution < 1.29 is 27.8 Å². The molecule has 7 rings (SSSR count). The monoisotopic (exact) mass is 842 g/mol. The van der Waals surface area contributed by atoms with Crippen LogP contribution in [0.3, 0.4) is 0 Å². The number of hydrogen-bond donors (Lipinski definition) is 2. The molecule has 3 N–H and O–H groups in total. The van der Waals surface area contributed by atoms with E-state index in [-0.39, 0.29) is 45.2 Å². The molecule has 0 saturated carbocycles. The molecule has 0 radical (unpaired) electrons. The minimum atomic E-state index is -0.719. The smallest absolute Gasteiger partial charge is 0.377 e. The molecule has 59 heavy (non-hydrogen) atoms. The van der Waals surface area contributed by atoms with E-state index in [0.717, 1.165) is 24.3 Å². The molecule has 1 aliphatic heterocycles. The highest BCUT2D eigenvalue weighted by atomic mass is 35.5. The number of anilines is 2. The molecule has 1 aliphatic rings. The third-order valence-electron chi connectivity index (χ3n) is 8.39. The van der Waals surface area contributed by atoms with Gasteiger partial charge in [0.2, 0.25) is 5.82 Å².